The molecule has 0 aromatic carbocycles. The Hall–Kier alpha value is -0.870. The number of hydrogen-bond acceptors (Lipinski definition) is 3. The lowest BCUT2D eigenvalue weighted by molar-refractivity contribution is 0.117. The van der Waals surface area contributed by atoms with Crippen LogP contribution in [0, 0.1) is 0 Å². The molecule has 0 fully saturated rings. The van der Waals surface area contributed by atoms with Crippen LogP contribution in [-0.2, 0) is 4.74 Å². The van der Waals surface area contributed by atoms with Crippen LogP contribution in [0.15, 0.2) is 12.5 Å². The molecule has 0 radical (unpaired) electrons. The smallest absolute Gasteiger partial charge is 0.0952 e. The molecule has 86 valence electrons. The first-order valence-corrected chi connectivity index (χ1v) is 5.55. The van der Waals surface area contributed by atoms with Gasteiger partial charge < -0.3 is 15.0 Å². The van der Waals surface area contributed by atoms with Gasteiger partial charge in [0.15, 0.2) is 0 Å². The van der Waals surface area contributed by atoms with E-state index in [0.29, 0.717) is 12.6 Å². The third-order valence-electron chi connectivity index (χ3n) is 2.55. The predicted octanol–water partition coefficient (Wildman–Crippen LogP) is 1.89. The molecular weight excluding hydrogens is 190 g/mol. The normalized spacial score (nSPS) is 15.2. The average molecular weight is 211 g/mol. The molecule has 1 aromatic rings. The Morgan fingerprint density at radius 2 is 2.27 bits per heavy atom. The van der Waals surface area contributed by atoms with E-state index >= 15 is 0 Å². The lowest BCUT2D eigenvalue weighted by atomic mass is 10.1. The predicted molar refractivity (Wildman–Crippen MR) is 60.7 cm³/mol. The molecule has 4 heteroatoms. The Bertz CT molecular complexity index is 285. The number of imidazole rings is 1. The summed E-state index contributed by atoms with van der Waals surface area (Å²) in [5, 5.41) is 0. The van der Waals surface area contributed by atoms with E-state index in [1.807, 2.05) is 19.4 Å². The first-order chi connectivity index (χ1) is 7.20. The number of ether oxygens (including phenoxy) is 1. The molecule has 1 unspecified atom stereocenters. The van der Waals surface area contributed by atoms with E-state index in [9.17, 15) is 0 Å². The second-order valence-electron chi connectivity index (χ2n) is 3.75. The molecule has 1 heterocycles. The Morgan fingerprint density at radius 3 is 2.87 bits per heavy atom. The van der Waals surface area contributed by atoms with Gasteiger partial charge in [0.1, 0.15) is 0 Å². The highest BCUT2D eigenvalue weighted by molar-refractivity contribution is 5.05. The van der Waals surface area contributed by atoms with Crippen molar-refractivity contribution in [1.29, 1.82) is 0 Å². The number of rotatable bonds is 6. The number of nitrogens with two attached hydrogens (primary N) is 1. The van der Waals surface area contributed by atoms with Crippen molar-refractivity contribution in [3.8, 4) is 0 Å². The van der Waals surface area contributed by atoms with Crippen molar-refractivity contribution < 1.29 is 4.74 Å². The summed E-state index contributed by atoms with van der Waals surface area (Å²) < 4.78 is 7.50. The first-order valence-electron chi connectivity index (χ1n) is 5.55. The average Bonchev–Trinajstić information content (AvgIpc) is 2.73. The van der Waals surface area contributed by atoms with Crippen molar-refractivity contribution in [3.63, 3.8) is 0 Å². The van der Waals surface area contributed by atoms with Gasteiger partial charge in [-0.25, -0.2) is 4.98 Å². The highest BCUT2D eigenvalue weighted by Crippen LogP contribution is 2.17. The first kappa shape index (κ1) is 12.2. The highest BCUT2D eigenvalue weighted by atomic mass is 16.5. The van der Waals surface area contributed by atoms with E-state index in [4.69, 9.17) is 10.5 Å². The maximum atomic E-state index is 6.00. The highest BCUT2D eigenvalue weighted by Gasteiger charge is 2.13. The van der Waals surface area contributed by atoms with Crippen LogP contribution in [0.5, 0.6) is 0 Å². The minimum atomic E-state index is 0.0663. The summed E-state index contributed by atoms with van der Waals surface area (Å²) in [6, 6.07) is 0.358. The van der Waals surface area contributed by atoms with Gasteiger partial charge in [0.25, 0.3) is 0 Å². The summed E-state index contributed by atoms with van der Waals surface area (Å²) in [7, 11) is 0. The largest absolute Gasteiger partial charge is 0.380 e. The molecule has 0 spiro atoms. The third-order valence-corrected chi connectivity index (χ3v) is 2.55. The molecule has 0 aliphatic carbocycles. The van der Waals surface area contributed by atoms with E-state index in [-0.39, 0.29) is 6.04 Å². The van der Waals surface area contributed by atoms with Gasteiger partial charge in [-0.05, 0) is 20.3 Å². The van der Waals surface area contributed by atoms with Crippen molar-refractivity contribution in [1.82, 2.24) is 9.55 Å². The SMILES string of the molecule is CCOCC(C)n1cncc1[C@H](N)CC. The second-order valence-corrected chi connectivity index (χ2v) is 3.75. The second kappa shape index (κ2) is 5.88. The zero-order chi connectivity index (χ0) is 11.3. The lowest BCUT2D eigenvalue weighted by Crippen LogP contribution is -2.19. The van der Waals surface area contributed by atoms with Crippen molar-refractivity contribution in [2.45, 2.75) is 39.3 Å². The minimum absolute atomic E-state index is 0.0663. The van der Waals surface area contributed by atoms with Crippen LogP contribution in [0.25, 0.3) is 0 Å². The summed E-state index contributed by atoms with van der Waals surface area (Å²) in [5.41, 5.74) is 7.09. The van der Waals surface area contributed by atoms with Crippen LogP contribution < -0.4 is 5.73 Å². The molecule has 1 aromatic heterocycles. The summed E-state index contributed by atoms with van der Waals surface area (Å²) >= 11 is 0. The van der Waals surface area contributed by atoms with Gasteiger partial charge in [0.2, 0.25) is 0 Å². The van der Waals surface area contributed by atoms with Crippen molar-refractivity contribution >= 4 is 0 Å². The molecule has 1 rings (SSSR count). The summed E-state index contributed by atoms with van der Waals surface area (Å²) in [4.78, 5) is 4.15. The molecule has 0 saturated carbocycles. The van der Waals surface area contributed by atoms with Crippen LogP contribution >= 0.6 is 0 Å². The maximum absolute atomic E-state index is 6.00. The van der Waals surface area contributed by atoms with Gasteiger partial charge in [0.05, 0.1) is 24.7 Å². The molecule has 0 amide bonds. The van der Waals surface area contributed by atoms with Gasteiger partial charge in [0, 0.05) is 18.8 Å². The molecule has 0 saturated heterocycles. The Labute approximate surface area is 91.4 Å². The monoisotopic (exact) mass is 211 g/mol. The number of aromatic nitrogens is 2. The van der Waals surface area contributed by atoms with E-state index in [0.717, 1.165) is 18.7 Å². The number of nitrogens with zero attached hydrogens (tertiary/aromatic N) is 2. The Morgan fingerprint density at radius 1 is 1.53 bits per heavy atom. The Balaban J connectivity index is 2.71. The molecule has 4 nitrogen and oxygen atoms in total. The lowest BCUT2D eigenvalue weighted by Gasteiger charge is -2.19. The quantitative estimate of drug-likeness (QED) is 0.781. The molecule has 0 aliphatic rings. The molecule has 0 aliphatic heterocycles. The molecule has 2 N–H and O–H groups in total. The van der Waals surface area contributed by atoms with Gasteiger partial charge in [-0.2, -0.15) is 0 Å². The molecule has 0 bridgehead atoms. The van der Waals surface area contributed by atoms with E-state index in [2.05, 4.69) is 23.4 Å². The summed E-state index contributed by atoms with van der Waals surface area (Å²) in [6.07, 6.45) is 4.60. The van der Waals surface area contributed by atoms with Crippen LogP contribution in [-0.4, -0.2) is 22.8 Å². The van der Waals surface area contributed by atoms with Crippen LogP contribution in [0.1, 0.15) is 45.0 Å². The zero-order valence-electron chi connectivity index (χ0n) is 9.81. The number of hydrogen-bond donors (Lipinski definition) is 1. The van der Waals surface area contributed by atoms with Crippen LogP contribution in [0.3, 0.4) is 0 Å². The van der Waals surface area contributed by atoms with Crippen LogP contribution in [0.2, 0.25) is 0 Å². The third kappa shape index (κ3) is 3.04. The van der Waals surface area contributed by atoms with E-state index in [1.165, 1.54) is 0 Å². The van der Waals surface area contributed by atoms with Gasteiger partial charge in [-0.15, -0.1) is 0 Å². The summed E-state index contributed by atoms with van der Waals surface area (Å²) in [6.45, 7) is 7.64. The van der Waals surface area contributed by atoms with Crippen molar-refractivity contribution in [3.05, 3.63) is 18.2 Å². The van der Waals surface area contributed by atoms with Gasteiger partial charge in [-0.3, -0.25) is 0 Å². The van der Waals surface area contributed by atoms with Gasteiger partial charge >= 0.3 is 0 Å². The van der Waals surface area contributed by atoms with Crippen molar-refractivity contribution in [2.24, 2.45) is 5.73 Å². The Kier molecular flexibility index (Phi) is 4.78. The fraction of sp³-hybridized carbons (Fsp3) is 0.727. The van der Waals surface area contributed by atoms with Gasteiger partial charge in [-0.1, -0.05) is 6.92 Å². The van der Waals surface area contributed by atoms with Crippen molar-refractivity contribution in [2.75, 3.05) is 13.2 Å². The zero-order valence-corrected chi connectivity index (χ0v) is 9.81. The fourth-order valence-electron chi connectivity index (χ4n) is 1.55. The van der Waals surface area contributed by atoms with E-state index in [1.54, 1.807) is 0 Å². The minimum Gasteiger partial charge on any atom is -0.380 e. The molecular formula is C11H21N3O. The summed E-state index contributed by atoms with van der Waals surface area (Å²) in [5.74, 6) is 0. The van der Waals surface area contributed by atoms with E-state index < -0.39 is 0 Å². The molecule has 2 atom stereocenters. The fourth-order valence-corrected chi connectivity index (χ4v) is 1.55. The molecule has 15 heavy (non-hydrogen) atoms. The van der Waals surface area contributed by atoms with Crippen LogP contribution in [0.4, 0.5) is 0 Å². The standard InChI is InChI=1S/C11H21N3O/c1-4-10(12)11-6-13-8-14(11)9(3)7-15-5-2/h6,8-10H,4-5,7,12H2,1-3H3/t9?,10-/m1/s1. The topological polar surface area (TPSA) is 53.1 Å². The maximum Gasteiger partial charge on any atom is 0.0952 e.